The highest BCUT2D eigenvalue weighted by Gasteiger charge is 2.26. The van der Waals surface area contributed by atoms with Crippen molar-refractivity contribution in [3.8, 4) is 5.75 Å². The lowest BCUT2D eigenvalue weighted by Crippen LogP contribution is -2.38. The third kappa shape index (κ3) is 2.98. The van der Waals surface area contributed by atoms with Crippen molar-refractivity contribution in [3.63, 3.8) is 0 Å². The van der Waals surface area contributed by atoms with Gasteiger partial charge in [-0.15, -0.1) is 0 Å². The van der Waals surface area contributed by atoms with Crippen molar-refractivity contribution in [1.29, 1.82) is 0 Å². The number of ether oxygens (including phenoxy) is 1. The molecule has 0 radical (unpaired) electrons. The molecular weight excluding hydrogens is 408 g/mol. The smallest absolute Gasteiger partial charge is 0.265 e. The molecule has 0 aromatic heterocycles. The Morgan fingerprint density at radius 1 is 1.29 bits per heavy atom. The molecule has 0 spiro atoms. The minimum atomic E-state index is -0.422. The van der Waals surface area contributed by atoms with Gasteiger partial charge in [-0.2, -0.15) is 0 Å². The summed E-state index contributed by atoms with van der Waals surface area (Å²) in [6.45, 7) is 0.112. The molecule has 0 saturated heterocycles. The molecule has 0 fully saturated rings. The van der Waals surface area contributed by atoms with Gasteiger partial charge in [0.2, 0.25) is 0 Å². The van der Waals surface area contributed by atoms with Gasteiger partial charge in [0.1, 0.15) is 11.6 Å². The van der Waals surface area contributed by atoms with Gasteiger partial charge in [-0.3, -0.25) is 4.79 Å². The predicted molar refractivity (Wildman–Crippen MR) is 87.3 cm³/mol. The highest BCUT2D eigenvalue weighted by atomic mass is 127. The van der Waals surface area contributed by atoms with Crippen molar-refractivity contribution in [2.45, 2.75) is 6.54 Å². The molecule has 108 valence electrons. The molecule has 3 nitrogen and oxygen atoms in total. The molecular formula is C15H10ClFINO2. The van der Waals surface area contributed by atoms with E-state index in [1.54, 1.807) is 12.1 Å². The van der Waals surface area contributed by atoms with Crippen LogP contribution in [0.1, 0.15) is 5.56 Å². The first kappa shape index (κ1) is 14.6. The van der Waals surface area contributed by atoms with Crippen LogP contribution in [-0.2, 0) is 11.3 Å². The van der Waals surface area contributed by atoms with Crippen LogP contribution in [0.3, 0.4) is 0 Å². The fraction of sp³-hybridized carbons (Fsp3) is 0.133. The lowest BCUT2D eigenvalue weighted by atomic mass is 10.1. The van der Waals surface area contributed by atoms with Crippen LogP contribution in [0.2, 0.25) is 5.02 Å². The monoisotopic (exact) mass is 417 g/mol. The molecule has 0 atom stereocenters. The summed E-state index contributed by atoms with van der Waals surface area (Å²) < 4.78 is 20.4. The van der Waals surface area contributed by atoms with Crippen molar-refractivity contribution >= 4 is 45.8 Å². The van der Waals surface area contributed by atoms with E-state index in [-0.39, 0.29) is 19.1 Å². The summed E-state index contributed by atoms with van der Waals surface area (Å²) in [5, 5.41) is 0.333. The molecule has 21 heavy (non-hydrogen) atoms. The van der Waals surface area contributed by atoms with Crippen molar-refractivity contribution in [3.05, 3.63) is 56.4 Å². The van der Waals surface area contributed by atoms with Gasteiger partial charge in [0.05, 0.1) is 12.2 Å². The van der Waals surface area contributed by atoms with Crippen molar-refractivity contribution < 1.29 is 13.9 Å². The zero-order chi connectivity index (χ0) is 15.0. The van der Waals surface area contributed by atoms with E-state index in [0.29, 0.717) is 22.0 Å². The van der Waals surface area contributed by atoms with Gasteiger partial charge in [-0.05, 0) is 52.9 Å². The number of nitrogens with zero attached hydrogens (tertiary/aromatic N) is 1. The van der Waals surface area contributed by atoms with Crippen molar-refractivity contribution in [2.75, 3.05) is 11.5 Å². The third-order valence-electron chi connectivity index (χ3n) is 3.21. The maximum atomic E-state index is 13.9. The lowest BCUT2D eigenvalue weighted by molar-refractivity contribution is -0.121. The average Bonchev–Trinajstić information content (AvgIpc) is 2.44. The minimum absolute atomic E-state index is 0.0394. The average molecular weight is 418 g/mol. The first-order valence-electron chi connectivity index (χ1n) is 6.21. The second kappa shape index (κ2) is 5.81. The minimum Gasteiger partial charge on any atom is -0.482 e. The molecule has 1 aliphatic heterocycles. The highest BCUT2D eigenvalue weighted by molar-refractivity contribution is 14.1. The van der Waals surface area contributed by atoms with Crippen LogP contribution < -0.4 is 9.64 Å². The van der Waals surface area contributed by atoms with E-state index in [9.17, 15) is 9.18 Å². The van der Waals surface area contributed by atoms with Crippen LogP contribution in [0.15, 0.2) is 36.4 Å². The van der Waals surface area contributed by atoms with Crippen LogP contribution >= 0.6 is 34.2 Å². The molecule has 1 heterocycles. The molecule has 0 N–H and O–H groups in total. The molecule has 3 rings (SSSR count). The summed E-state index contributed by atoms with van der Waals surface area (Å²) in [7, 11) is 0. The van der Waals surface area contributed by atoms with Crippen LogP contribution in [-0.4, -0.2) is 12.5 Å². The Morgan fingerprint density at radius 2 is 2.10 bits per heavy atom. The lowest BCUT2D eigenvalue weighted by Gasteiger charge is -2.29. The van der Waals surface area contributed by atoms with Crippen LogP contribution in [0, 0.1) is 9.39 Å². The molecule has 6 heteroatoms. The quantitative estimate of drug-likeness (QED) is 0.691. The molecule has 0 bridgehead atoms. The maximum Gasteiger partial charge on any atom is 0.265 e. The van der Waals surface area contributed by atoms with E-state index < -0.39 is 5.82 Å². The number of carbonyl (C=O) groups excluding carboxylic acids is 1. The Kier molecular flexibility index (Phi) is 4.03. The Balaban J connectivity index is 1.96. The molecule has 2 aromatic rings. The number of hydrogen-bond donors (Lipinski definition) is 0. The summed E-state index contributed by atoms with van der Waals surface area (Å²) in [4.78, 5) is 13.6. The Bertz CT molecular complexity index is 723. The highest BCUT2D eigenvalue weighted by Crippen LogP contribution is 2.34. The Labute approximate surface area is 139 Å². The second-order valence-electron chi connectivity index (χ2n) is 4.62. The zero-order valence-corrected chi connectivity index (χ0v) is 13.7. The maximum absolute atomic E-state index is 13.9. The SMILES string of the molecule is O=C1COc2cc(I)ccc2N1Cc1ccc(Cl)cc1F. The number of fused-ring (bicyclic) bond motifs is 1. The number of hydrogen-bond acceptors (Lipinski definition) is 2. The fourth-order valence-electron chi connectivity index (χ4n) is 2.17. The van der Waals surface area contributed by atoms with Gasteiger partial charge < -0.3 is 9.64 Å². The number of anilines is 1. The first-order valence-corrected chi connectivity index (χ1v) is 7.67. The number of amides is 1. The van der Waals surface area contributed by atoms with Crippen molar-refractivity contribution in [1.82, 2.24) is 0 Å². The normalized spacial score (nSPS) is 13.9. The van der Waals surface area contributed by atoms with Crippen LogP contribution in [0.4, 0.5) is 10.1 Å². The van der Waals surface area contributed by atoms with Gasteiger partial charge in [-0.25, -0.2) is 4.39 Å². The van der Waals surface area contributed by atoms with Crippen LogP contribution in [0.5, 0.6) is 5.75 Å². The molecule has 0 saturated carbocycles. The van der Waals surface area contributed by atoms with Gasteiger partial charge in [0.25, 0.3) is 5.91 Å². The molecule has 0 unspecified atom stereocenters. The first-order chi connectivity index (χ1) is 10.0. The summed E-state index contributed by atoms with van der Waals surface area (Å²) in [5.41, 5.74) is 1.07. The van der Waals surface area contributed by atoms with Gasteiger partial charge in [-0.1, -0.05) is 17.7 Å². The number of benzene rings is 2. The van der Waals surface area contributed by atoms with E-state index >= 15 is 0 Å². The Hall–Kier alpha value is -1.34. The largest absolute Gasteiger partial charge is 0.482 e. The summed E-state index contributed by atoms with van der Waals surface area (Å²) >= 11 is 7.92. The van der Waals surface area contributed by atoms with Gasteiger partial charge >= 0.3 is 0 Å². The van der Waals surface area contributed by atoms with E-state index in [1.165, 1.54) is 11.0 Å². The van der Waals surface area contributed by atoms with Gasteiger partial charge in [0, 0.05) is 14.2 Å². The summed E-state index contributed by atoms with van der Waals surface area (Å²) in [5.74, 6) is 0.0165. The van der Waals surface area contributed by atoms with E-state index in [4.69, 9.17) is 16.3 Å². The van der Waals surface area contributed by atoms with E-state index in [2.05, 4.69) is 22.6 Å². The molecule has 1 amide bonds. The fourth-order valence-corrected chi connectivity index (χ4v) is 2.79. The van der Waals surface area contributed by atoms with Crippen LogP contribution in [0.25, 0.3) is 0 Å². The van der Waals surface area contributed by atoms with E-state index in [0.717, 1.165) is 3.57 Å². The number of rotatable bonds is 2. The third-order valence-corrected chi connectivity index (χ3v) is 4.11. The standard InChI is InChI=1S/C15H10ClFINO2/c16-10-2-1-9(12(17)5-10)7-19-13-4-3-11(18)6-14(13)21-8-15(19)20/h1-6H,7-8H2. The number of halogens is 3. The summed E-state index contributed by atoms with van der Waals surface area (Å²) in [6.07, 6.45) is 0. The van der Waals surface area contributed by atoms with Gasteiger partial charge in [0.15, 0.2) is 6.61 Å². The molecule has 2 aromatic carbocycles. The van der Waals surface area contributed by atoms with E-state index in [1.807, 2.05) is 18.2 Å². The second-order valence-corrected chi connectivity index (χ2v) is 6.30. The molecule has 0 aliphatic carbocycles. The topological polar surface area (TPSA) is 29.5 Å². The van der Waals surface area contributed by atoms with Crippen molar-refractivity contribution in [2.24, 2.45) is 0 Å². The zero-order valence-electron chi connectivity index (χ0n) is 10.8. The number of carbonyl (C=O) groups is 1. The Morgan fingerprint density at radius 3 is 2.86 bits per heavy atom. The summed E-state index contributed by atoms with van der Waals surface area (Å²) in [6, 6.07) is 9.99. The molecule has 1 aliphatic rings. The predicted octanol–water partition coefficient (Wildman–Crippen LogP) is 4.01.